The topological polar surface area (TPSA) is 58.0 Å². The maximum absolute atomic E-state index is 4.49. The van der Waals surface area contributed by atoms with Crippen LogP contribution in [0.15, 0.2) is 18.5 Å². The maximum Gasteiger partial charge on any atom is 0.224 e. The van der Waals surface area contributed by atoms with E-state index in [0.29, 0.717) is 12.5 Å². The minimum absolute atomic E-state index is 0.715. The van der Waals surface area contributed by atoms with Crippen LogP contribution < -0.4 is 9.80 Å². The summed E-state index contributed by atoms with van der Waals surface area (Å²) in [5, 5.41) is 0. The summed E-state index contributed by atoms with van der Waals surface area (Å²) >= 11 is 0. The van der Waals surface area contributed by atoms with E-state index in [1.807, 2.05) is 51.4 Å². The second kappa shape index (κ2) is 6.47. The minimum Gasteiger partial charge on any atom is -0.355 e. The Balaban J connectivity index is 2.13. The molecule has 0 amide bonds. The van der Waals surface area contributed by atoms with Gasteiger partial charge in [0.1, 0.15) is 11.6 Å². The van der Waals surface area contributed by atoms with E-state index in [-0.39, 0.29) is 0 Å². The molecule has 0 aliphatic carbocycles. The van der Waals surface area contributed by atoms with Crippen molar-refractivity contribution in [2.45, 2.75) is 26.8 Å². The highest BCUT2D eigenvalue weighted by Crippen LogP contribution is 2.14. The lowest BCUT2D eigenvalue weighted by Crippen LogP contribution is -2.19. The van der Waals surface area contributed by atoms with Crippen molar-refractivity contribution in [3.63, 3.8) is 0 Å². The van der Waals surface area contributed by atoms with Crippen molar-refractivity contribution in [3.05, 3.63) is 35.5 Å². The third-order valence-corrected chi connectivity index (χ3v) is 3.14. The van der Waals surface area contributed by atoms with Gasteiger partial charge in [0.2, 0.25) is 5.95 Å². The first kappa shape index (κ1) is 15.2. The fraction of sp³-hybridized carbons (Fsp3) is 0.467. The van der Waals surface area contributed by atoms with Crippen LogP contribution in [0, 0.1) is 6.92 Å². The Bertz CT molecular complexity index is 594. The summed E-state index contributed by atoms with van der Waals surface area (Å²) < 4.78 is 0. The van der Waals surface area contributed by atoms with Gasteiger partial charge in [-0.1, -0.05) is 6.92 Å². The maximum atomic E-state index is 4.49. The van der Waals surface area contributed by atoms with Crippen LogP contribution in [0.3, 0.4) is 0 Å². The molecule has 6 nitrogen and oxygen atoms in total. The van der Waals surface area contributed by atoms with Crippen LogP contribution in [0.25, 0.3) is 0 Å². The lowest BCUT2D eigenvalue weighted by molar-refractivity contribution is 0.849. The average Bonchev–Trinajstić information content (AvgIpc) is 2.47. The summed E-state index contributed by atoms with van der Waals surface area (Å²) in [6, 6.07) is 2.03. The predicted octanol–water partition coefficient (Wildman–Crippen LogP) is 1.84. The summed E-state index contributed by atoms with van der Waals surface area (Å²) in [7, 11) is 5.87. The minimum atomic E-state index is 0.715. The Kier molecular flexibility index (Phi) is 4.67. The molecule has 2 aromatic heterocycles. The molecule has 6 heteroatoms. The van der Waals surface area contributed by atoms with Gasteiger partial charge in [-0.05, 0) is 13.3 Å². The van der Waals surface area contributed by atoms with Gasteiger partial charge in [0, 0.05) is 57.4 Å². The van der Waals surface area contributed by atoms with Gasteiger partial charge in [0.15, 0.2) is 0 Å². The SMILES string of the molecule is CCc1cc(N(C)Cc2cnc(N(C)C)nc2)nc(C)n1. The van der Waals surface area contributed by atoms with E-state index in [1.165, 1.54) is 0 Å². The Morgan fingerprint density at radius 2 is 1.71 bits per heavy atom. The normalized spacial score (nSPS) is 10.5. The molecule has 0 radical (unpaired) electrons. The number of hydrogen-bond donors (Lipinski definition) is 0. The van der Waals surface area contributed by atoms with E-state index in [4.69, 9.17) is 0 Å². The largest absolute Gasteiger partial charge is 0.355 e. The molecule has 2 rings (SSSR count). The van der Waals surface area contributed by atoms with Crippen molar-refractivity contribution in [3.8, 4) is 0 Å². The summed E-state index contributed by atoms with van der Waals surface area (Å²) in [6.45, 7) is 4.73. The molecular formula is C15H22N6. The van der Waals surface area contributed by atoms with Gasteiger partial charge in [0.25, 0.3) is 0 Å². The molecule has 0 aromatic carbocycles. The van der Waals surface area contributed by atoms with Gasteiger partial charge < -0.3 is 9.80 Å². The zero-order chi connectivity index (χ0) is 15.4. The molecule has 112 valence electrons. The van der Waals surface area contributed by atoms with Gasteiger partial charge in [-0.15, -0.1) is 0 Å². The van der Waals surface area contributed by atoms with Crippen LogP contribution in [-0.2, 0) is 13.0 Å². The van der Waals surface area contributed by atoms with Crippen LogP contribution in [-0.4, -0.2) is 41.1 Å². The summed E-state index contributed by atoms with van der Waals surface area (Å²) in [4.78, 5) is 21.5. The molecular weight excluding hydrogens is 264 g/mol. The zero-order valence-electron chi connectivity index (χ0n) is 13.3. The van der Waals surface area contributed by atoms with Crippen molar-refractivity contribution in [2.24, 2.45) is 0 Å². The van der Waals surface area contributed by atoms with Crippen molar-refractivity contribution < 1.29 is 0 Å². The van der Waals surface area contributed by atoms with E-state index in [1.54, 1.807) is 0 Å². The summed E-state index contributed by atoms with van der Waals surface area (Å²) in [5.41, 5.74) is 2.11. The van der Waals surface area contributed by atoms with Crippen LogP contribution in [0.2, 0.25) is 0 Å². The molecule has 0 unspecified atom stereocenters. The van der Waals surface area contributed by atoms with Crippen molar-refractivity contribution in [2.75, 3.05) is 30.9 Å². The molecule has 0 aliphatic heterocycles. The van der Waals surface area contributed by atoms with Crippen LogP contribution in [0.1, 0.15) is 24.0 Å². The van der Waals surface area contributed by atoms with Gasteiger partial charge in [-0.25, -0.2) is 19.9 Å². The first-order valence-electron chi connectivity index (χ1n) is 7.03. The van der Waals surface area contributed by atoms with E-state index in [2.05, 4.69) is 31.8 Å². The van der Waals surface area contributed by atoms with E-state index in [9.17, 15) is 0 Å². The number of anilines is 2. The third-order valence-electron chi connectivity index (χ3n) is 3.14. The first-order chi connectivity index (χ1) is 9.99. The highest BCUT2D eigenvalue weighted by molar-refractivity contribution is 5.40. The number of aryl methyl sites for hydroxylation is 2. The predicted molar refractivity (Wildman–Crippen MR) is 84.6 cm³/mol. The molecule has 0 atom stereocenters. The molecule has 0 saturated heterocycles. The van der Waals surface area contributed by atoms with E-state index >= 15 is 0 Å². The second-order valence-corrected chi connectivity index (χ2v) is 5.26. The fourth-order valence-electron chi connectivity index (χ4n) is 2.00. The molecule has 21 heavy (non-hydrogen) atoms. The first-order valence-corrected chi connectivity index (χ1v) is 7.03. The highest BCUT2D eigenvalue weighted by atomic mass is 15.2. The Labute approximate surface area is 125 Å². The number of hydrogen-bond acceptors (Lipinski definition) is 6. The molecule has 2 heterocycles. The summed E-state index contributed by atoms with van der Waals surface area (Å²) in [6.07, 6.45) is 4.62. The van der Waals surface area contributed by atoms with Gasteiger partial charge >= 0.3 is 0 Å². The quantitative estimate of drug-likeness (QED) is 0.836. The second-order valence-electron chi connectivity index (χ2n) is 5.26. The van der Waals surface area contributed by atoms with E-state index in [0.717, 1.165) is 29.3 Å². The summed E-state index contributed by atoms with van der Waals surface area (Å²) in [5.74, 6) is 2.44. The van der Waals surface area contributed by atoms with Crippen LogP contribution in [0.5, 0.6) is 0 Å². The lowest BCUT2D eigenvalue weighted by Gasteiger charge is -2.19. The fourth-order valence-corrected chi connectivity index (χ4v) is 2.00. The molecule has 0 N–H and O–H groups in total. The van der Waals surface area contributed by atoms with Crippen LogP contribution in [0.4, 0.5) is 11.8 Å². The molecule has 0 bridgehead atoms. The number of rotatable bonds is 5. The van der Waals surface area contributed by atoms with Gasteiger partial charge in [0.05, 0.1) is 0 Å². The van der Waals surface area contributed by atoms with Gasteiger partial charge in [-0.3, -0.25) is 0 Å². The molecule has 2 aromatic rings. The monoisotopic (exact) mass is 286 g/mol. The Morgan fingerprint density at radius 3 is 2.29 bits per heavy atom. The van der Waals surface area contributed by atoms with E-state index < -0.39 is 0 Å². The number of aromatic nitrogens is 4. The molecule has 0 spiro atoms. The third kappa shape index (κ3) is 3.87. The Morgan fingerprint density at radius 1 is 1.05 bits per heavy atom. The van der Waals surface area contributed by atoms with Crippen LogP contribution >= 0.6 is 0 Å². The van der Waals surface area contributed by atoms with Gasteiger partial charge in [-0.2, -0.15) is 0 Å². The smallest absolute Gasteiger partial charge is 0.224 e. The Hall–Kier alpha value is -2.24. The van der Waals surface area contributed by atoms with Crippen molar-refractivity contribution in [1.82, 2.24) is 19.9 Å². The number of nitrogens with zero attached hydrogens (tertiary/aromatic N) is 6. The highest BCUT2D eigenvalue weighted by Gasteiger charge is 2.08. The molecule has 0 fully saturated rings. The standard InChI is InChI=1S/C15H22N6/c1-6-13-7-14(19-11(2)18-13)21(5)10-12-8-16-15(17-9-12)20(3)4/h7-9H,6,10H2,1-5H3. The molecule has 0 saturated carbocycles. The lowest BCUT2D eigenvalue weighted by atomic mass is 10.3. The van der Waals surface area contributed by atoms with Crippen molar-refractivity contribution >= 4 is 11.8 Å². The average molecular weight is 286 g/mol. The van der Waals surface area contributed by atoms with Crippen molar-refractivity contribution in [1.29, 1.82) is 0 Å². The molecule has 0 aliphatic rings. The zero-order valence-corrected chi connectivity index (χ0v) is 13.3.